The zero-order valence-electron chi connectivity index (χ0n) is 15.8. The van der Waals surface area contributed by atoms with E-state index in [2.05, 4.69) is 0 Å². The number of carbonyl (C=O) groups excluding carboxylic acids is 1. The lowest BCUT2D eigenvalue weighted by Gasteiger charge is -2.29. The Balaban J connectivity index is 1.85. The maximum atomic E-state index is 11.4. The van der Waals surface area contributed by atoms with E-state index < -0.39 is 0 Å². The lowest BCUT2D eigenvalue weighted by Crippen LogP contribution is -2.29. The summed E-state index contributed by atoms with van der Waals surface area (Å²) in [6, 6.07) is 0. The molecule has 0 amide bonds. The third kappa shape index (κ3) is 8.38. The molecule has 2 fully saturated rings. The van der Waals surface area contributed by atoms with Gasteiger partial charge >= 0.3 is 0 Å². The maximum Gasteiger partial charge on any atom is 0.185 e. The van der Waals surface area contributed by atoms with Crippen molar-refractivity contribution in [1.29, 1.82) is 0 Å². The molecule has 2 aliphatic carbocycles. The van der Waals surface area contributed by atoms with Crippen molar-refractivity contribution < 1.29 is 9.53 Å². The Morgan fingerprint density at radius 3 is 2.00 bits per heavy atom. The van der Waals surface area contributed by atoms with Crippen LogP contribution in [-0.2, 0) is 9.53 Å². The van der Waals surface area contributed by atoms with Crippen molar-refractivity contribution in [3.8, 4) is 0 Å². The molecular formula is C21H38O2S. The van der Waals surface area contributed by atoms with Gasteiger partial charge in [-0.2, -0.15) is 0 Å². The number of hydrogen-bond donors (Lipinski definition) is 0. The molecule has 0 saturated heterocycles. The lowest BCUT2D eigenvalue weighted by molar-refractivity contribution is -0.109. The molecule has 2 saturated carbocycles. The first-order valence-electron chi connectivity index (χ1n) is 10.5. The van der Waals surface area contributed by atoms with Gasteiger partial charge in [-0.1, -0.05) is 76.0 Å². The molecule has 2 atom stereocenters. The topological polar surface area (TPSA) is 26.3 Å². The monoisotopic (exact) mass is 354 g/mol. The maximum absolute atomic E-state index is 11.4. The number of hydrogen-bond acceptors (Lipinski definition) is 3. The molecule has 2 unspecified atom stereocenters. The summed E-state index contributed by atoms with van der Waals surface area (Å²) in [6.45, 7) is 2.66. The van der Waals surface area contributed by atoms with Crippen LogP contribution in [0.4, 0.5) is 0 Å². The van der Waals surface area contributed by atoms with Gasteiger partial charge in [-0.3, -0.25) is 4.79 Å². The standard InChI is InChI=1S/C21H38O2S/c1-18(22)24-17-20-14-10-6-3-7-11-15-21(20)23-16-19-12-8-4-2-5-9-13-19/h19-21H,2-17H2,1H3. The van der Waals surface area contributed by atoms with Crippen LogP contribution in [0.3, 0.4) is 0 Å². The van der Waals surface area contributed by atoms with E-state index in [1.165, 1.54) is 102 Å². The van der Waals surface area contributed by atoms with Gasteiger partial charge in [-0.05, 0) is 37.5 Å². The normalized spacial score (nSPS) is 28.2. The van der Waals surface area contributed by atoms with Gasteiger partial charge in [0.15, 0.2) is 5.12 Å². The molecule has 0 radical (unpaired) electrons. The quantitative estimate of drug-likeness (QED) is 0.573. The highest BCUT2D eigenvalue weighted by molar-refractivity contribution is 8.13. The van der Waals surface area contributed by atoms with Crippen LogP contribution < -0.4 is 0 Å². The van der Waals surface area contributed by atoms with Crippen LogP contribution in [0.2, 0.25) is 0 Å². The fourth-order valence-corrected chi connectivity index (χ4v) is 5.14. The van der Waals surface area contributed by atoms with Gasteiger partial charge in [0, 0.05) is 19.3 Å². The van der Waals surface area contributed by atoms with Crippen LogP contribution in [0.25, 0.3) is 0 Å². The minimum absolute atomic E-state index is 0.258. The Morgan fingerprint density at radius 2 is 1.38 bits per heavy atom. The van der Waals surface area contributed by atoms with Crippen molar-refractivity contribution in [2.75, 3.05) is 12.4 Å². The first kappa shape index (κ1) is 20.3. The van der Waals surface area contributed by atoms with E-state index in [4.69, 9.17) is 4.74 Å². The van der Waals surface area contributed by atoms with Gasteiger partial charge in [-0.25, -0.2) is 0 Å². The Hall–Kier alpha value is -0.0200. The van der Waals surface area contributed by atoms with Crippen LogP contribution in [0.15, 0.2) is 0 Å². The van der Waals surface area contributed by atoms with Crippen molar-refractivity contribution in [2.24, 2.45) is 11.8 Å². The predicted octanol–water partition coefficient (Wildman–Crippen LogP) is 6.37. The Bertz CT molecular complexity index is 337. The van der Waals surface area contributed by atoms with Crippen molar-refractivity contribution in [3.63, 3.8) is 0 Å². The van der Waals surface area contributed by atoms with Crippen LogP contribution in [0.1, 0.15) is 96.8 Å². The summed E-state index contributed by atoms with van der Waals surface area (Å²) < 4.78 is 6.53. The van der Waals surface area contributed by atoms with Gasteiger partial charge in [0.25, 0.3) is 0 Å². The number of thioether (sulfide) groups is 1. The number of carbonyl (C=O) groups is 1. The fourth-order valence-electron chi connectivity index (χ4n) is 4.31. The lowest BCUT2D eigenvalue weighted by atomic mass is 9.91. The Kier molecular flexibility index (Phi) is 10.4. The molecule has 0 bridgehead atoms. The van der Waals surface area contributed by atoms with Gasteiger partial charge < -0.3 is 4.74 Å². The number of rotatable bonds is 5. The summed E-state index contributed by atoms with van der Waals surface area (Å²) in [5.74, 6) is 2.31. The van der Waals surface area contributed by atoms with E-state index in [0.29, 0.717) is 12.0 Å². The third-order valence-electron chi connectivity index (χ3n) is 5.86. The average Bonchev–Trinajstić information content (AvgIpc) is 2.64. The molecular weight excluding hydrogens is 316 g/mol. The van der Waals surface area contributed by atoms with Crippen molar-refractivity contribution in [3.05, 3.63) is 0 Å². The fraction of sp³-hybridized carbons (Fsp3) is 0.952. The first-order chi connectivity index (χ1) is 11.8. The summed E-state index contributed by atoms with van der Waals surface area (Å²) in [6.07, 6.45) is 19.3. The molecule has 0 aliphatic heterocycles. The van der Waals surface area contributed by atoms with E-state index in [1.807, 2.05) is 0 Å². The van der Waals surface area contributed by atoms with E-state index in [9.17, 15) is 4.79 Å². The van der Waals surface area contributed by atoms with Gasteiger partial charge in [-0.15, -0.1) is 0 Å². The largest absolute Gasteiger partial charge is 0.378 e. The van der Waals surface area contributed by atoms with E-state index in [-0.39, 0.29) is 5.12 Å². The molecule has 0 spiro atoms. The van der Waals surface area contributed by atoms with Crippen molar-refractivity contribution >= 4 is 16.9 Å². The third-order valence-corrected chi connectivity index (χ3v) is 6.86. The van der Waals surface area contributed by atoms with E-state index >= 15 is 0 Å². The molecule has 0 N–H and O–H groups in total. The van der Waals surface area contributed by atoms with E-state index in [0.717, 1.165) is 18.3 Å². The van der Waals surface area contributed by atoms with E-state index in [1.54, 1.807) is 6.92 Å². The summed E-state index contributed by atoms with van der Waals surface area (Å²) in [7, 11) is 0. The molecule has 0 heterocycles. The first-order valence-corrected chi connectivity index (χ1v) is 11.5. The SMILES string of the molecule is CC(=O)SCC1CCCCCCCC1OCC1CCCCCCC1. The second-order valence-electron chi connectivity index (χ2n) is 7.99. The molecule has 2 aliphatic rings. The Labute approximate surface area is 153 Å². The van der Waals surface area contributed by atoms with Crippen LogP contribution in [0.5, 0.6) is 0 Å². The smallest absolute Gasteiger partial charge is 0.185 e. The second-order valence-corrected chi connectivity index (χ2v) is 9.19. The highest BCUT2D eigenvalue weighted by atomic mass is 32.2. The summed E-state index contributed by atoms with van der Waals surface area (Å²) in [5.41, 5.74) is 0. The van der Waals surface area contributed by atoms with Gasteiger partial charge in [0.05, 0.1) is 6.10 Å². The van der Waals surface area contributed by atoms with Gasteiger partial charge in [0.1, 0.15) is 0 Å². The molecule has 2 rings (SSSR count). The molecule has 140 valence electrons. The minimum atomic E-state index is 0.258. The zero-order valence-corrected chi connectivity index (χ0v) is 16.6. The van der Waals surface area contributed by atoms with Crippen LogP contribution >= 0.6 is 11.8 Å². The summed E-state index contributed by atoms with van der Waals surface area (Å²) in [5, 5.41) is 0.258. The summed E-state index contributed by atoms with van der Waals surface area (Å²) >= 11 is 1.51. The summed E-state index contributed by atoms with van der Waals surface area (Å²) in [4.78, 5) is 11.4. The minimum Gasteiger partial charge on any atom is -0.378 e. The average molecular weight is 355 g/mol. The van der Waals surface area contributed by atoms with Crippen LogP contribution in [0, 0.1) is 11.8 Å². The molecule has 3 heteroatoms. The number of ether oxygens (including phenoxy) is 1. The molecule has 0 aromatic rings. The molecule has 24 heavy (non-hydrogen) atoms. The molecule has 2 nitrogen and oxygen atoms in total. The van der Waals surface area contributed by atoms with Gasteiger partial charge in [0.2, 0.25) is 0 Å². The second kappa shape index (κ2) is 12.4. The van der Waals surface area contributed by atoms with Crippen molar-refractivity contribution in [2.45, 2.75) is 103 Å². The predicted molar refractivity (Wildman–Crippen MR) is 104 cm³/mol. The zero-order chi connectivity index (χ0) is 17.0. The highest BCUT2D eigenvalue weighted by Crippen LogP contribution is 2.29. The molecule has 0 aromatic carbocycles. The Morgan fingerprint density at radius 1 is 0.833 bits per heavy atom. The van der Waals surface area contributed by atoms with Crippen LogP contribution in [-0.4, -0.2) is 23.6 Å². The molecule has 0 aromatic heterocycles. The van der Waals surface area contributed by atoms with Crippen molar-refractivity contribution in [1.82, 2.24) is 0 Å². The highest BCUT2D eigenvalue weighted by Gasteiger charge is 2.25.